The van der Waals surface area contributed by atoms with Gasteiger partial charge in [-0.05, 0) is 54.7 Å². The summed E-state index contributed by atoms with van der Waals surface area (Å²) in [5.74, 6) is 0.0123. The van der Waals surface area contributed by atoms with Gasteiger partial charge in [-0.25, -0.2) is 0 Å². The fraction of sp³-hybridized carbons (Fsp3) is 0.150. The van der Waals surface area contributed by atoms with Crippen LogP contribution >= 0.6 is 46.4 Å². The lowest BCUT2D eigenvalue weighted by Gasteiger charge is -2.17. The summed E-state index contributed by atoms with van der Waals surface area (Å²) in [7, 11) is 0. The molecule has 0 saturated heterocycles. The molecule has 0 radical (unpaired) electrons. The van der Waals surface area contributed by atoms with Crippen LogP contribution < -0.4 is 0 Å². The molecule has 25 heavy (non-hydrogen) atoms. The molecule has 0 aliphatic heterocycles. The van der Waals surface area contributed by atoms with Crippen molar-refractivity contribution in [3.05, 3.63) is 78.8 Å². The van der Waals surface area contributed by atoms with Crippen molar-refractivity contribution in [3.63, 3.8) is 0 Å². The summed E-state index contributed by atoms with van der Waals surface area (Å²) < 4.78 is 0. The minimum atomic E-state index is 0.0123. The summed E-state index contributed by atoms with van der Waals surface area (Å²) in [6.07, 6.45) is 5.95. The Kier molecular flexibility index (Phi) is 5.91. The normalized spacial score (nSPS) is 18.2. The van der Waals surface area contributed by atoms with E-state index in [2.05, 4.69) is 0 Å². The van der Waals surface area contributed by atoms with Gasteiger partial charge in [0.15, 0.2) is 5.78 Å². The third kappa shape index (κ3) is 4.12. The van der Waals surface area contributed by atoms with E-state index in [1.54, 1.807) is 12.1 Å². The lowest BCUT2D eigenvalue weighted by molar-refractivity contribution is -0.112. The van der Waals surface area contributed by atoms with Crippen LogP contribution in [0.5, 0.6) is 0 Å². The number of hydrogen-bond acceptors (Lipinski definition) is 1. The maximum atomic E-state index is 12.8. The predicted molar refractivity (Wildman–Crippen MR) is 108 cm³/mol. The molecule has 0 atom stereocenters. The van der Waals surface area contributed by atoms with E-state index in [0.717, 1.165) is 28.7 Å². The third-order valence-corrected chi connectivity index (χ3v) is 5.76. The smallest absolute Gasteiger partial charge is 0.185 e. The molecule has 0 spiro atoms. The van der Waals surface area contributed by atoms with Gasteiger partial charge in [0.05, 0.1) is 20.1 Å². The Morgan fingerprint density at radius 3 is 1.60 bits per heavy atom. The minimum Gasteiger partial charge on any atom is -0.289 e. The number of rotatable bonds is 2. The number of benzene rings is 2. The Bertz CT molecular complexity index is 825. The molecule has 2 aromatic rings. The molecule has 0 amide bonds. The van der Waals surface area contributed by atoms with Gasteiger partial charge < -0.3 is 0 Å². The minimum absolute atomic E-state index is 0.0123. The van der Waals surface area contributed by atoms with E-state index in [1.165, 1.54) is 0 Å². The van der Waals surface area contributed by atoms with Crippen molar-refractivity contribution in [2.75, 3.05) is 0 Å². The van der Waals surface area contributed by atoms with E-state index in [0.29, 0.717) is 32.9 Å². The van der Waals surface area contributed by atoms with Gasteiger partial charge in [0.25, 0.3) is 0 Å². The van der Waals surface area contributed by atoms with Crippen molar-refractivity contribution in [2.24, 2.45) is 0 Å². The SMILES string of the molecule is O=C1C(=Cc2cccc(Cl)c2Cl)CCCC1=Cc1cccc(Cl)c1Cl. The Labute approximate surface area is 166 Å². The monoisotopic (exact) mass is 410 g/mol. The third-order valence-electron chi connectivity index (χ3n) is 4.10. The van der Waals surface area contributed by atoms with Gasteiger partial charge in [0.2, 0.25) is 0 Å². The zero-order valence-corrected chi connectivity index (χ0v) is 16.2. The lowest BCUT2D eigenvalue weighted by atomic mass is 9.87. The molecule has 0 bridgehead atoms. The van der Waals surface area contributed by atoms with Crippen LogP contribution in [-0.2, 0) is 4.79 Å². The first kappa shape index (κ1) is 18.5. The summed E-state index contributed by atoms with van der Waals surface area (Å²) in [6, 6.07) is 10.8. The topological polar surface area (TPSA) is 17.1 Å². The van der Waals surface area contributed by atoms with E-state index < -0.39 is 0 Å². The average Bonchev–Trinajstić information content (AvgIpc) is 2.59. The van der Waals surface area contributed by atoms with E-state index in [1.807, 2.05) is 36.4 Å². The molecule has 128 valence electrons. The summed E-state index contributed by atoms with van der Waals surface area (Å²) in [4.78, 5) is 12.8. The summed E-state index contributed by atoms with van der Waals surface area (Å²) in [5, 5.41) is 1.86. The first-order valence-corrected chi connectivity index (χ1v) is 9.32. The standard InChI is InChI=1S/C20H14Cl4O/c21-16-8-2-4-12(18(16)23)10-14-6-1-7-15(20(14)25)11-13-5-3-9-17(22)19(13)24/h2-5,8-11H,1,6-7H2. The number of allylic oxidation sites excluding steroid dienone is 2. The van der Waals surface area contributed by atoms with Crippen LogP contribution in [-0.4, -0.2) is 5.78 Å². The number of hydrogen-bond donors (Lipinski definition) is 0. The van der Waals surface area contributed by atoms with Crippen molar-refractivity contribution in [3.8, 4) is 0 Å². The van der Waals surface area contributed by atoms with E-state index in [9.17, 15) is 4.79 Å². The molecule has 1 fully saturated rings. The molecule has 0 aromatic heterocycles. The lowest BCUT2D eigenvalue weighted by Crippen LogP contribution is -2.12. The molecule has 1 nitrogen and oxygen atoms in total. The van der Waals surface area contributed by atoms with Gasteiger partial charge in [-0.15, -0.1) is 0 Å². The summed E-state index contributed by atoms with van der Waals surface area (Å²) in [5.41, 5.74) is 2.94. The van der Waals surface area contributed by atoms with Crippen LogP contribution in [0.2, 0.25) is 20.1 Å². The number of halogens is 4. The number of ketones is 1. The number of carbonyl (C=O) groups excluding carboxylic acids is 1. The van der Waals surface area contributed by atoms with Gasteiger partial charge in [-0.3, -0.25) is 4.79 Å². The Morgan fingerprint density at radius 1 is 0.720 bits per heavy atom. The van der Waals surface area contributed by atoms with Gasteiger partial charge in [-0.2, -0.15) is 0 Å². The molecular weight excluding hydrogens is 398 g/mol. The largest absolute Gasteiger partial charge is 0.289 e. The van der Waals surface area contributed by atoms with Crippen molar-refractivity contribution < 1.29 is 4.79 Å². The van der Waals surface area contributed by atoms with Gasteiger partial charge >= 0.3 is 0 Å². The van der Waals surface area contributed by atoms with Gasteiger partial charge in [0.1, 0.15) is 0 Å². The molecule has 1 aliphatic carbocycles. The second-order valence-electron chi connectivity index (χ2n) is 5.81. The van der Waals surface area contributed by atoms with Crippen molar-refractivity contribution in [1.82, 2.24) is 0 Å². The fourth-order valence-electron chi connectivity index (χ4n) is 2.82. The highest BCUT2D eigenvalue weighted by atomic mass is 35.5. The Balaban J connectivity index is 1.96. The molecule has 0 N–H and O–H groups in total. The summed E-state index contributed by atoms with van der Waals surface area (Å²) >= 11 is 24.6. The number of Topliss-reactive ketones (excluding diaryl/α,β-unsaturated/α-hetero) is 1. The van der Waals surface area contributed by atoms with E-state index in [4.69, 9.17) is 46.4 Å². The predicted octanol–water partition coefficient (Wildman–Crippen LogP) is 7.52. The quantitative estimate of drug-likeness (QED) is 0.467. The second-order valence-corrected chi connectivity index (χ2v) is 7.38. The average molecular weight is 412 g/mol. The second kappa shape index (κ2) is 7.97. The van der Waals surface area contributed by atoms with Crippen molar-refractivity contribution in [2.45, 2.75) is 19.3 Å². The highest BCUT2D eigenvalue weighted by Crippen LogP contribution is 2.33. The fourth-order valence-corrected chi connectivity index (χ4v) is 3.54. The van der Waals surface area contributed by atoms with Crippen LogP contribution in [0.25, 0.3) is 12.2 Å². The van der Waals surface area contributed by atoms with E-state index >= 15 is 0 Å². The maximum absolute atomic E-state index is 12.8. The molecular formula is C20H14Cl4O. The highest BCUT2D eigenvalue weighted by Gasteiger charge is 2.21. The summed E-state index contributed by atoms with van der Waals surface area (Å²) in [6.45, 7) is 0. The first-order valence-electron chi connectivity index (χ1n) is 7.81. The Morgan fingerprint density at radius 2 is 1.16 bits per heavy atom. The molecule has 2 aromatic carbocycles. The molecule has 5 heteroatoms. The molecule has 0 unspecified atom stereocenters. The zero-order chi connectivity index (χ0) is 18.0. The highest BCUT2D eigenvalue weighted by molar-refractivity contribution is 6.43. The van der Waals surface area contributed by atoms with Crippen LogP contribution in [0.15, 0.2) is 47.5 Å². The number of carbonyl (C=O) groups is 1. The maximum Gasteiger partial charge on any atom is 0.185 e. The molecule has 1 saturated carbocycles. The van der Waals surface area contributed by atoms with Crippen LogP contribution in [0.4, 0.5) is 0 Å². The van der Waals surface area contributed by atoms with E-state index in [-0.39, 0.29) is 5.78 Å². The Hall–Kier alpha value is -1.25. The van der Waals surface area contributed by atoms with Gasteiger partial charge in [0, 0.05) is 11.1 Å². The van der Waals surface area contributed by atoms with Crippen LogP contribution in [0.1, 0.15) is 30.4 Å². The van der Waals surface area contributed by atoms with Crippen molar-refractivity contribution >= 4 is 64.3 Å². The molecule has 0 heterocycles. The van der Waals surface area contributed by atoms with Crippen LogP contribution in [0.3, 0.4) is 0 Å². The van der Waals surface area contributed by atoms with Crippen LogP contribution in [0, 0.1) is 0 Å². The van der Waals surface area contributed by atoms with Crippen molar-refractivity contribution in [1.29, 1.82) is 0 Å². The molecule has 1 aliphatic rings. The zero-order valence-electron chi connectivity index (χ0n) is 13.2. The van der Waals surface area contributed by atoms with Gasteiger partial charge in [-0.1, -0.05) is 70.7 Å². The molecule has 3 rings (SSSR count). The first-order chi connectivity index (χ1) is 12.0.